The van der Waals surface area contributed by atoms with Gasteiger partial charge in [-0.1, -0.05) is 0 Å². The number of hydrogen-bond donors (Lipinski definition) is 2. The summed E-state index contributed by atoms with van der Waals surface area (Å²) in [4.78, 5) is 11.8. The van der Waals surface area contributed by atoms with Gasteiger partial charge in [-0.15, -0.1) is 11.3 Å². The predicted octanol–water partition coefficient (Wildman–Crippen LogP) is 1.43. The lowest BCUT2D eigenvalue weighted by Gasteiger charge is -1.87. The standard InChI is InChI=1S/C9H9N3O2S/c1-12-4-5(3-11-12)7-2-6(10)8(15-7)9(13)14/h2-4H,10H2,1H3,(H,13,14). The summed E-state index contributed by atoms with van der Waals surface area (Å²) in [5.74, 6) is -0.993. The summed E-state index contributed by atoms with van der Waals surface area (Å²) >= 11 is 1.16. The molecule has 0 fully saturated rings. The Morgan fingerprint density at radius 1 is 1.67 bits per heavy atom. The zero-order chi connectivity index (χ0) is 11.0. The van der Waals surface area contributed by atoms with Gasteiger partial charge in [0.25, 0.3) is 0 Å². The molecule has 0 spiro atoms. The molecule has 0 radical (unpaired) electrons. The second-order valence-electron chi connectivity index (χ2n) is 3.10. The Morgan fingerprint density at radius 2 is 2.40 bits per heavy atom. The second-order valence-corrected chi connectivity index (χ2v) is 4.16. The number of nitrogen functional groups attached to an aromatic ring is 1. The first-order valence-corrected chi connectivity index (χ1v) is 5.01. The lowest BCUT2D eigenvalue weighted by molar-refractivity contribution is 0.0703. The highest BCUT2D eigenvalue weighted by molar-refractivity contribution is 7.17. The summed E-state index contributed by atoms with van der Waals surface area (Å²) in [5, 5.41) is 12.9. The van der Waals surface area contributed by atoms with Crippen molar-refractivity contribution in [2.24, 2.45) is 7.05 Å². The summed E-state index contributed by atoms with van der Waals surface area (Å²) in [6.07, 6.45) is 3.49. The number of carboxylic acid groups (broad SMARTS) is 1. The lowest BCUT2D eigenvalue weighted by Crippen LogP contribution is -1.96. The highest BCUT2D eigenvalue weighted by Crippen LogP contribution is 2.32. The fraction of sp³-hybridized carbons (Fsp3) is 0.111. The average molecular weight is 223 g/mol. The first-order valence-electron chi connectivity index (χ1n) is 4.19. The smallest absolute Gasteiger partial charge is 0.348 e. The maximum Gasteiger partial charge on any atom is 0.348 e. The number of anilines is 1. The fourth-order valence-corrected chi connectivity index (χ4v) is 2.16. The van der Waals surface area contributed by atoms with E-state index in [1.165, 1.54) is 0 Å². The van der Waals surface area contributed by atoms with E-state index in [0.717, 1.165) is 21.8 Å². The average Bonchev–Trinajstić information content (AvgIpc) is 2.71. The molecule has 3 N–H and O–H groups in total. The van der Waals surface area contributed by atoms with E-state index in [9.17, 15) is 4.79 Å². The number of nitrogens with two attached hydrogens (primary N) is 1. The van der Waals surface area contributed by atoms with Crippen LogP contribution in [-0.4, -0.2) is 20.9 Å². The van der Waals surface area contributed by atoms with Crippen molar-refractivity contribution in [3.05, 3.63) is 23.3 Å². The van der Waals surface area contributed by atoms with Crippen LogP contribution in [0.2, 0.25) is 0 Å². The number of aromatic carboxylic acids is 1. The molecule has 0 unspecified atom stereocenters. The molecule has 0 aromatic carbocycles. The van der Waals surface area contributed by atoms with Crippen LogP contribution in [0.3, 0.4) is 0 Å². The van der Waals surface area contributed by atoms with Gasteiger partial charge in [-0.05, 0) is 6.07 Å². The second kappa shape index (κ2) is 3.39. The van der Waals surface area contributed by atoms with Crippen LogP contribution in [0.15, 0.2) is 18.5 Å². The summed E-state index contributed by atoms with van der Waals surface area (Å²) in [6.45, 7) is 0. The van der Waals surface area contributed by atoms with E-state index in [-0.39, 0.29) is 4.88 Å². The van der Waals surface area contributed by atoms with Crippen LogP contribution in [0, 0.1) is 0 Å². The van der Waals surface area contributed by atoms with Crippen molar-refractivity contribution in [3.63, 3.8) is 0 Å². The van der Waals surface area contributed by atoms with E-state index in [0.29, 0.717) is 5.69 Å². The topological polar surface area (TPSA) is 81.1 Å². The van der Waals surface area contributed by atoms with E-state index in [1.54, 1.807) is 24.0 Å². The molecule has 2 rings (SSSR count). The third-order valence-electron chi connectivity index (χ3n) is 1.94. The molecule has 0 atom stereocenters. The number of aromatic nitrogens is 2. The maximum absolute atomic E-state index is 10.8. The summed E-state index contributed by atoms with van der Waals surface area (Å²) in [7, 11) is 1.80. The van der Waals surface area contributed by atoms with Crippen molar-refractivity contribution in [1.82, 2.24) is 9.78 Å². The number of aryl methyl sites for hydroxylation is 1. The number of carboxylic acids is 1. The van der Waals surface area contributed by atoms with Crippen LogP contribution in [0.1, 0.15) is 9.67 Å². The summed E-state index contributed by atoms with van der Waals surface area (Å²) < 4.78 is 1.66. The van der Waals surface area contributed by atoms with E-state index in [1.807, 2.05) is 6.20 Å². The van der Waals surface area contributed by atoms with Crippen LogP contribution >= 0.6 is 11.3 Å². The lowest BCUT2D eigenvalue weighted by atomic mass is 10.3. The van der Waals surface area contributed by atoms with Gasteiger partial charge in [0.15, 0.2) is 0 Å². The number of carbonyl (C=O) groups is 1. The molecule has 0 aliphatic rings. The Kier molecular flexibility index (Phi) is 2.20. The van der Waals surface area contributed by atoms with E-state index in [2.05, 4.69) is 5.10 Å². The molecule has 0 saturated carbocycles. The SMILES string of the molecule is Cn1cc(-c2cc(N)c(C(=O)O)s2)cn1. The van der Waals surface area contributed by atoms with E-state index in [4.69, 9.17) is 10.8 Å². The minimum atomic E-state index is -0.993. The highest BCUT2D eigenvalue weighted by Gasteiger charge is 2.14. The minimum Gasteiger partial charge on any atom is -0.477 e. The normalized spacial score (nSPS) is 10.5. The third kappa shape index (κ3) is 1.71. The third-order valence-corrected chi connectivity index (χ3v) is 3.13. The Morgan fingerprint density at radius 3 is 2.87 bits per heavy atom. The van der Waals surface area contributed by atoms with Gasteiger partial charge in [0.1, 0.15) is 4.88 Å². The largest absolute Gasteiger partial charge is 0.477 e. The van der Waals surface area contributed by atoms with Crippen LogP contribution in [-0.2, 0) is 7.05 Å². The summed E-state index contributed by atoms with van der Waals surface area (Å²) in [6, 6.07) is 1.66. The van der Waals surface area contributed by atoms with Gasteiger partial charge in [-0.25, -0.2) is 4.79 Å². The van der Waals surface area contributed by atoms with Crippen LogP contribution in [0.4, 0.5) is 5.69 Å². The van der Waals surface area contributed by atoms with Crippen LogP contribution in [0.25, 0.3) is 10.4 Å². The molecule has 0 aliphatic carbocycles. The number of thiophene rings is 1. The quantitative estimate of drug-likeness (QED) is 0.807. The first kappa shape index (κ1) is 9.72. The maximum atomic E-state index is 10.8. The van der Waals surface area contributed by atoms with Gasteiger partial charge in [0, 0.05) is 23.7 Å². The van der Waals surface area contributed by atoms with Gasteiger partial charge in [0.05, 0.1) is 11.9 Å². The van der Waals surface area contributed by atoms with Gasteiger partial charge in [-0.3, -0.25) is 4.68 Å². The molecule has 5 nitrogen and oxygen atoms in total. The Bertz CT molecular complexity index is 515. The minimum absolute atomic E-state index is 0.175. The molecule has 0 saturated heterocycles. The highest BCUT2D eigenvalue weighted by atomic mass is 32.1. The van der Waals surface area contributed by atoms with Crippen molar-refractivity contribution in [1.29, 1.82) is 0 Å². The predicted molar refractivity (Wildman–Crippen MR) is 57.9 cm³/mol. The Balaban J connectivity index is 2.46. The zero-order valence-corrected chi connectivity index (χ0v) is 8.78. The van der Waals surface area contributed by atoms with Gasteiger partial charge >= 0.3 is 5.97 Å². The van der Waals surface area contributed by atoms with Crippen molar-refractivity contribution in [3.8, 4) is 10.4 Å². The number of hydrogen-bond acceptors (Lipinski definition) is 4. The van der Waals surface area contributed by atoms with Crippen LogP contribution < -0.4 is 5.73 Å². The molecule has 15 heavy (non-hydrogen) atoms. The van der Waals surface area contributed by atoms with Crippen LogP contribution in [0.5, 0.6) is 0 Å². The summed E-state index contributed by atoms with van der Waals surface area (Å²) in [5.41, 5.74) is 6.76. The molecule has 0 aliphatic heterocycles. The Hall–Kier alpha value is -1.82. The van der Waals surface area contributed by atoms with Crippen molar-refractivity contribution >= 4 is 23.0 Å². The Labute approximate surface area is 89.8 Å². The van der Waals surface area contributed by atoms with Crippen molar-refractivity contribution in [2.75, 3.05) is 5.73 Å². The molecular weight excluding hydrogens is 214 g/mol. The monoisotopic (exact) mass is 223 g/mol. The van der Waals surface area contributed by atoms with Crippen molar-refractivity contribution < 1.29 is 9.90 Å². The molecule has 0 bridgehead atoms. The molecule has 2 aromatic rings. The zero-order valence-electron chi connectivity index (χ0n) is 7.97. The van der Waals surface area contributed by atoms with E-state index >= 15 is 0 Å². The van der Waals surface area contributed by atoms with Gasteiger partial charge in [0.2, 0.25) is 0 Å². The van der Waals surface area contributed by atoms with Crippen molar-refractivity contribution in [2.45, 2.75) is 0 Å². The van der Waals surface area contributed by atoms with Gasteiger partial charge < -0.3 is 10.8 Å². The first-order chi connectivity index (χ1) is 7.08. The molecule has 78 valence electrons. The van der Waals surface area contributed by atoms with Gasteiger partial charge in [-0.2, -0.15) is 5.10 Å². The number of rotatable bonds is 2. The molecule has 2 heterocycles. The molecular formula is C9H9N3O2S. The number of nitrogens with zero attached hydrogens (tertiary/aromatic N) is 2. The fourth-order valence-electron chi connectivity index (χ4n) is 1.26. The van der Waals surface area contributed by atoms with E-state index < -0.39 is 5.97 Å². The molecule has 6 heteroatoms. The molecule has 2 aromatic heterocycles. The molecule has 0 amide bonds.